The molecule has 1 fully saturated rings. The first kappa shape index (κ1) is 21.5. The van der Waals surface area contributed by atoms with Crippen LogP contribution in [0.2, 0.25) is 0 Å². The second-order valence-corrected chi connectivity index (χ2v) is 9.13. The normalized spacial score (nSPS) is 14.4. The van der Waals surface area contributed by atoms with Gasteiger partial charge in [-0.3, -0.25) is 9.59 Å². The zero-order chi connectivity index (χ0) is 22.0. The Morgan fingerprint density at radius 2 is 1.65 bits per heavy atom. The molecule has 1 aliphatic carbocycles. The van der Waals surface area contributed by atoms with Gasteiger partial charge in [0.15, 0.2) is 0 Å². The Morgan fingerprint density at radius 1 is 1.00 bits per heavy atom. The number of nitrogens with one attached hydrogen (secondary N) is 1. The topological polar surface area (TPSA) is 64.0 Å². The maximum atomic E-state index is 13.2. The molecule has 0 aliphatic heterocycles. The van der Waals surface area contributed by atoms with Crippen LogP contribution in [0.15, 0.2) is 57.8 Å². The van der Waals surface area contributed by atoms with E-state index in [0.717, 1.165) is 47.0 Å². The van der Waals surface area contributed by atoms with Crippen LogP contribution in [-0.4, -0.2) is 15.7 Å². The lowest BCUT2D eigenvalue weighted by Crippen LogP contribution is -2.29. The summed E-state index contributed by atoms with van der Waals surface area (Å²) in [7, 11) is 0. The minimum absolute atomic E-state index is 0.0330. The first-order valence-electron chi connectivity index (χ1n) is 10.7. The average Bonchev–Trinajstić information content (AvgIpc) is 2.78. The maximum absolute atomic E-state index is 13.2. The van der Waals surface area contributed by atoms with Crippen molar-refractivity contribution in [3.05, 3.63) is 74.5 Å². The molecule has 0 unspecified atom stereocenters. The molecule has 4 rings (SSSR count). The lowest BCUT2D eigenvalue weighted by molar-refractivity contribution is -0.120. The van der Waals surface area contributed by atoms with Crippen molar-refractivity contribution in [1.29, 1.82) is 0 Å². The third-order valence-electron chi connectivity index (χ3n) is 5.88. The molecule has 2 aromatic carbocycles. The summed E-state index contributed by atoms with van der Waals surface area (Å²) in [4.78, 5) is 26.4. The average molecular weight is 480 g/mol. The van der Waals surface area contributed by atoms with Crippen molar-refractivity contribution in [2.45, 2.75) is 46.0 Å². The number of hydrogen-bond donors (Lipinski definition) is 1. The second kappa shape index (κ2) is 9.18. The fraction of sp³-hybridized carbons (Fsp3) is 0.320. The summed E-state index contributed by atoms with van der Waals surface area (Å²) < 4.78 is 2.62. The maximum Gasteiger partial charge on any atom is 0.228 e. The molecule has 5 nitrogen and oxygen atoms in total. The van der Waals surface area contributed by atoms with Crippen molar-refractivity contribution in [1.82, 2.24) is 9.78 Å². The van der Waals surface area contributed by atoms with Crippen LogP contribution in [0.25, 0.3) is 16.8 Å². The standard InChI is InChI=1S/C25H26BrN3O2/c1-16-8-10-18(11-9-16)22-23(30)17(2)28-29(21-14-12-20(26)13-15-21)24(22)27-25(31)19-6-4-3-5-7-19/h8-15,19H,3-7H2,1-2H3,(H,27,31). The number of benzene rings is 2. The Hall–Kier alpha value is -2.73. The number of aromatic nitrogens is 2. The van der Waals surface area contributed by atoms with Gasteiger partial charge in [-0.2, -0.15) is 5.10 Å². The fourth-order valence-electron chi connectivity index (χ4n) is 4.10. The molecule has 31 heavy (non-hydrogen) atoms. The third kappa shape index (κ3) is 4.64. The molecule has 1 N–H and O–H groups in total. The van der Waals surface area contributed by atoms with E-state index in [4.69, 9.17) is 0 Å². The van der Waals surface area contributed by atoms with Crippen LogP contribution in [0.4, 0.5) is 5.82 Å². The van der Waals surface area contributed by atoms with Crippen LogP contribution in [0.1, 0.15) is 43.4 Å². The second-order valence-electron chi connectivity index (χ2n) is 8.22. The van der Waals surface area contributed by atoms with Gasteiger partial charge in [0.25, 0.3) is 0 Å². The van der Waals surface area contributed by atoms with Gasteiger partial charge in [-0.25, -0.2) is 4.68 Å². The van der Waals surface area contributed by atoms with Gasteiger partial charge in [-0.1, -0.05) is 65.0 Å². The highest BCUT2D eigenvalue weighted by molar-refractivity contribution is 9.10. The van der Waals surface area contributed by atoms with Crippen molar-refractivity contribution in [2.75, 3.05) is 5.32 Å². The van der Waals surface area contributed by atoms with E-state index < -0.39 is 0 Å². The van der Waals surface area contributed by atoms with E-state index in [1.165, 1.54) is 6.42 Å². The van der Waals surface area contributed by atoms with E-state index in [2.05, 4.69) is 26.3 Å². The monoisotopic (exact) mass is 479 g/mol. The summed E-state index contributed by atoms with van der Waals surface area (Å²) in [6.45, 7) is 3.72. The van der Waals surface area contributed by atoms with Gasteiger partial charge in [-0.15, -0.1) is 0 Å². The molecule has 0 radical (unpaired) electrons. The zero-order valence-electron chi connectivity index (χ0n) is 17.8. The Morgan fingerprint density at radius 3 is 2.29 bits per heavy atom. The number of aryl methyl sites for hydroxylation is 2. The number of anilines is 1. The summed E-state index contributed by atoms with van der Waals surface area (Å²) in [6.07, 6.45) is 5.07. The number of carbonyl (C=O) groups is 1. The largest absolute Gasteiger partial charge is 0.310 e. The first-order valence-corrected chi connectivity index (χ1v) is 11.5. The molecule has 1 aliphatic rings. The Kier molecular flexibility index (Phi) is 6.37. The summed E-state index contributed by atoms with van der Waals surface area (Å²) in [5, 5.41) is 7.64. The lowest BCUT2D eigenvalue weighted by Gasteiger charge is -2.23. The predicted molar refractivity (Wildman–Crippen MR) is 128 cm³/mol. The Balaban J connectivity index is 1.89. The molecule has 6 heteroatoms. The quantitative estimate of drug-likeness (QED) is 0.514. The van der Waals surface area contributed by atoms with E-state index in [1.807, 2.05) is 55.5 Å². The highest BCUT2D eigenvalue weighted by Crippen LogP contribution is 2.30. The third-order valence-corrected chi connectivity index (χ3v) is 6.41. The number of nitrogens with zero attached hydrogens (tertiary/aromatic N) is 2. The minimum Gasteiger partial charge on any atom is -0.310 e. The van der Waals surface area contributed by atoms with E-state index in [-0.39, 0.29) is 17.3 Å². The van der Waals surface area contributed by atoms with Crippen molar-refractivity contribution in [3.63, 3.8) is 0 Å². The molecule has 3 aromatic rings. The molecular weight excluding hydrogens is 454 g/mol. The van der Waals surface area contributed by atoms with Crippen LogP contribution in [-0.2, 0) is 4.79 Å². The molecule has 1 aromatic heterocycles. The molecule has 1 saturated carbocycles. The molecule has 160 valence electrons. The fourth-order valence-corrected chi connectivity index (χ4v) is 4.36. The van der Waals surface area contributed by atoms with Crippen LogP contribution in [0.5, 0.6) is 0 Å². The number of rotatable bonds is 4. The van der Waals surface area contributed by atoms with Crippen molar-refractivity contribution >= 4 is 27.7 Å². The molecule has 0 saturated heterocycles. The van der Waals surface area contributed by atoms with Crippen molar-refractivity contribution in [2.24, 2.45) is 5.92 Å². The summed E-state index contributed by atoms with van der Waals surface area (Å²) >= 11 is 3.46. The highest BCUT2D eigenvalue weighted by Gasteiger charge is 2.25. The van der Waals surface area contributed by atoms with Gasteiger partial charge in [-0.05, 0) is 56.5 Å². The molecule has 0 atom stereocenters. The molecular formula is C25H26BrN3O2. The smallest absolute Gasteiger partial charge is 0.228 e. The van der Waals surface area contributed by atoms with Crippen LogP contribution in [0.3, 0.4) is 0 Å². The van der Waals surface area contributed by atoms with Crippen molar-refractivity contribution < 1.29 is 4.79 Å². The number of amides is 1. The molecule has 1 amide bonds. The SMILES string of the molecule is Cc1ccc(-c2c(NC(=O)C3CCCCC3)n(-c3ccc(Br)cc3)nc(C)c2=O)cc1. The Bertz CT molecular complexity index is 1150. The first-order chi connectivity index (χ1) is 14.9. The van der Waals surface area contributed by atoms with Gasteiger partial charge in [0.2, 0.25) is 11.3 Å². The minimum atomic E-state index is -0.170. The summed E-state index contributed by atoms with van der Waals surface area (Å²) in [6, 6.07) is 15.5. The van der Waals surface area contributed by atoms with Gasteiger partial charge in [0, 0.05) is 10.4 Å². The zero-order valence-corrected chi connectivity index (χ0v) is 19.4. The van der Waals surface area contributed by atoms with E-state index in [0.29, 0.717) is 17.1 Å². The number of carbonyl (C=O) groups excluding carboxylic acids is 1. The van der Waals surface area contributed by atoms with Crippen LogP contribution < -0.4 is 10.7 Å². The van der Waals surface area contributed by atoms with Gasteiger partial charge < -0.3 is 5.32 Å². The highest BCUT2D eigenvalue weighted by atomic mass is 79.9. The van der Waals surface area contributed by atoms with Gasteiger partial charge in [0.05, 0.1) is 11.3 Å². The predicted octanol–water partition coefficient (Wildman–Crippen LogP) is 5.80. The molecule has 0 spiro atoms. The van der Waals surface area contributed by atoms with E-state index in [9.17, 15) is 9.59 Å². The number of hydrogen-bond acceptors (Lipinski definition) is 3. The van der Waals surface area contributed by atoms with Crippen LogP contribution >= 0.6 is 15.9 Å². The van der Waals surface area contributed by atoms with Gasteiger partial charge >= 0.3 is 0 Å². The lowest BCUT2D eigenvalue weighted by atomic mass is 9.88. The molecule has 1 heterocycles. The van der Waals surface area contributed by atoms with E-state index in [1.54, 1.807) is 11.6 Å². The summed E-state index contributed by atoms with van der Waals surface area (Å²) in [5.41, 5.74) is 3.34. The number of halogens is 1. The van der Waals surface area contributed by atoms with E-state index >= 15 is 0 Å². The summed E-state index contributed by atoms with van der Waals surface area (Å²) in [5.74, 6) is 0.357. The van der Waals surface area contributed by atoms with Gasteiger partial charge in [0.1, 0.15) is 11.5 Å². The van der Waals surface area contributed by atoms with Crippen molar-refractivity contribution in [3.8, 4) is 16.8 Å². The molecule has 0 bridgehead atoms. The van der Waals surface area contributed by atoms with Crippen LogP contribution in [0, 0.1) is 19.8 Å². The Labute approximate surface area is 190 Å².